The molecule has 1 N–H and O–H groups in total. The zero-order valence-corrected chi connectivity index (χ0v) is 11.3. The van der Waals surface area contributed by atoms with E-state index in [1.54, 1.807) is 0 Å². The van der Waals surface area contributed by atoms with Crippen LogP contribution >= 0.6 is 11.6 Å². The molecule has 17 heavy (non-hydrogen) atoms. The molecule has 0 fully saturated rings. The predicted molar refractivity (Wildman–Crippen MR) is 66.1 cm³/mol. The molecule has 0 unspecified atom stereocenters. The third kappa shape index (κ3) is 4.26. The molecular weight excluding hydrogens is 265 g/mol. The third-order valence-corrected chi connectivity index (χ3v) is 3.91. The van der Waals surface area contributed by atoms with Gasteiger partial charge >= 0.3 is 0 Å². The van der Waals surface area contributed by atoms with E-state index in [4.69, 9.17) is 11.6 Å². The summed E-state index contributed by atoms with van der Waals surface area (Å²) in [4.78, 5) is -0.409. The van der Waals surface area contributed by atoms with E-state index in [2.05, 4.69) is 4.72 Å². The zero-order valence-electron chi connectivity index (χ0n) is 9.70. The van der Waals surface area contributed by atoms with Crippen molar-refractivity contribution in [3.8, 4) is 0 Å². The molecule has 6 heteroatoms. The predicted octanol–water partition coefficient (Wildman–Crippen LogP) is 2.80. The molecule has 96 valence electrons. The molecule has 1 rings (SSSR count). The second-order valence-corrected chi connectivity index (χ2v) is 6.33. The third-order valence-electron chi connectivity index (χ3n) is 2.20. The average Bonchev–Trinajstić information content (AvgIpc) is 2.20. The maximum absolute atomic E-state index is 13.4. The van der Waals surface area contributed by atoms with Gasteiger partial charge in [-0.3, -0.25) is 0 Å². The van der Waals surface area contributed by atoms with E-state index in [-0.39, 0.29) is 11.6 Å². The number of nitrogens with one attached hydrogen (secondary N) is 1. The lowest BCUT2D eigenvalue weighted by molar-refractivity contribution is 0.540. The van der Waals surface area contributed by atoms with Gasteiger partial charge in [-0.2, -0.15) is 0 Å². The Bertz CT molecular complexity index is 488. The minimum Gasteiger partial charge on any atom is -0.211 e. The van der Waals surface area contributed by atoms with Gasteiger partial charge in [-0.1, -0.05) is 25.4 Å². The van der Waals surface area contributed by atoms with Gasteiger partial charge in [-0.05, 0) is 30.5 Å². The molecule has 0 amide bonds. The van der Waals surface area contributed by atoms with Crippen LogP contribution in [-0.4, -0.2) is 15.0 Å². The van der Waals surface area contributed by atoms with Crippen LogP contribution in [0.1, 0.15) is 20.3 Å². The number of sulfonamides is 1. The monoisotopic (exact) mass is 279 g/mol. The van der Waals surface area contributed by atoms with Crippen LogP contribution in [-0.2, 0) is 10.0 Å². The van der Waals surface area contributed by atoms with Gasteiger partial charge in [0.05, 0.1) is 0 Å². The first-order valence-corrected chi connectivity index (χ1v) is 7.14. The lowest BCUT2D eigenvalue weighted by Gasteiger charge is -2.09. The Balaban J connectivity index is 2.86. The lowest BCUT2D eigenvalue weighted by Crippen LogP contribution is -2.26. The highest BCUT2D eigenvalue weighted by Gasteiger charge is 2.18. The Kier molecular flexibility index (Phi) is 4.91. The molecule has 0 aromatic heterocycles. The van der Waals surface area contributed by atoms with Gasteiger partial charge < -0.3 is 0 Å². The first-order chi connectivity index (χ1) is 7.83. The Morgan fingerprint density at radius 1 is 1.41 bits per heavy atom. The summed E-state index contributed by atoms with van der Waals surface area (Å²) >= 11 is 5.65. The van der Waals surface area contributed by atoms with Crippen LogP contribution in [0.5, 0.6) is 0 Å². The molecule has 0 aliphatic rings. The van der Waals surface area contributed by atoms with E-state index >= 15 is 0 Å². The molecule has 0 heterocycles. The van der Waals surface area contributed by atoms with E-state index < -0.39 is 20.7 Å². The van der Waals surface area contributed by atoms with Gasteiger partial charge in [-0.25, -0.2) is 17.5 Å². The fourth-order valence-electron chi connectivity index (χ4n) is 1.24. The van der Waals surface area contributed by atoms with Crippen molar-refractivity contribution >= 4 is 21.6 Å². The molecule has 0 atom stereocenters. The molecule has 1 aromatic rings. The summed E-state index contributed by atoms with van der Waals surface area (Å²) in [6, 6.07) is 3.46. The van der Waals surface area contributed by atoms with Crippen molar-refractivity contribution in [1.82, 2.24) is 4.72 Å². The molecule has 0 saturated heterocycles. The molecule has 0 aliphatic heterocycles. The molecule has 0 radical (unpaired) electrons. The zero-order chi connectivity index (χ0) is 13.1. The van der Waals surface area contributed by atoms with E-state index in [1.165, 1.54) is 6.07 Å². The summed E-state index contributed by atoms with van der Waals surface area (Å²) in [5.74, 6) is -0.423. The highest BCUT2D eigenvalue weighted by atomic mass is 35.5. The highest BCUT2D eigenvalue weighted by molar-refractivity contribution is 7.89. The summed E-state index contributed by atoms with van der Waals surface area (Å²) in [6.45, 7) is 4.24. The van der Waals surface area contributed by atoms with E-state index in [9.17, 15) is 12.8 Å². The summed E-state index contributed by atoms with van der Waals surface area (Å²) in [5.41, 5.74) is 0. The normalized spacial score (nSPS) is 12.1. The van der Waals surface area contributed by atoms with Crippen molar-refractivity contribution in [2.24, 2.45) is 5.92 Å². The molecule has 0 saturated carbocycles. The maximum Gasteiger partial charge on any atom is 0.243 e. The Morgan fingerprint density at radius 2 is 2.06 bits per heavy atom. The van der Waals surface area contributed by atoms with Crippen molar-refractivity contribution in [1.29, 1.82) is 0 Å². The van der Waals surface area contributed by atoms with Crippen LogP contribution in [0.15, 0.2) is 23.1 Å². The van der Waals surface area contributed by atoms with Crippen molar-refractivity contribution < 1.29 is 12.8 Å². The molecule has 1 aromatic carbocycles. The van der Waals surface area contributed by atoms with Crippen LogP contribution in [0.2, 0.25) is 5.02 Å². The van der Waals surface area contributed by atoms with Crippen molar-refractivity contribution in [3.05, 3.63) is 29.0 Å². The van der Waals surface area contributed by atoms with E-state index in [0.717, 1.165) is 12.1 Å². The lowest BCUT2D eigenvalue weighted by atomic mass is 10.1. The number of rotatable bonds is 5. The Hall–Kier alpha value is -0.650. The topological polar surface area (TPSA) is 46.2 Å². The summed E-state index contributed by atoms with van der Waals surface area (Å²) in [5, 5.41) is 0.190. The van der Waals surface area contributed by atoms with Crippen molar-refractivity contribution in [2.45, 2.75) is 25.2 Å². The number of hydrogen-bond acceptors (Lipinski definition) is 2. The number of halogens is 2. The minimum atomic E-state index is -3.82. The van der Waals surface area contributed by atoms with Gasteiger partial charge in [0.1, 0.15) is 10.7 Å². The van der Waals surface area contributed by atoms with Crippen molar-refractivity contribution in [2.75, 3.05) is 6.54 Å². The number of benzene rings is 1. The van der Waals surface area contributed by atoms with Crippen molar-refractivity contribution in [3.63, 3.8) is 0 Å². The van der Waals surface area contributed by atoms with Crippen LogP contribution in [0.4, 0.5) is 4.39 Å². The smallest absolute Gasteiger partial charge is 0.211 e. The number of hydrogen-bond donors (Lipinski definition) is 1. The second-order valence-electron chi connectivity index (χ2n) is 4.16. The standard InChI is InChI=1S/C11H15ClFNO2S/c1-8(2)5-6-14-17(15,16)11-7-9(12)3-4-10(11)13/h3-4,7-8,14H,5-6H2,1-2H3. The molecule has 0 bridgehead atoms. The van der Waals surface area contributed by atoms with Gasteiger partial charge in [0, 0.05) is 11.6 Å². The molecule has 0 spiro atoms. The summed E-state index contributed by atoms with van der Waals surface area (Å²) in [7, 11) is -3.82. The van der Waals surface area contributed by atoms with Gasteiger partial charge in [0.25, 0.3) is 0 Å². The maximum atomic E-state index is 13.4. The molecule has 3 nitrogen and oxygen atoms in total. The average molecular weight is 280 g/mol. The van der Waals surface area contributed by atoms with Crippen LogP contribution in [0.3, 0.4) is 0 Å². The first-order valence-electron chi connectivity index (χ1n) is 5.27. The Labute approximate surface area is 106 Å². The van der Waals surface area contributed by atoms with Crippen LogP contribution in [0.25, 0.3) is 0 Å². The van der Waals surface area contributed by atoms with Gasteiger partial charge in [0.15, 0.2) is 0 Å². The summed E-state index contributed by atoms with van der Waals surface area (Å²) in [6.07, 6.45) is 0.696. The van der Waals surface area contributed by atoms with Gasteiger partial charge in [0.2, 0.25) is 10.0 Å². The largest absolute Gasteiger partial charge is 0.243 e. The minimum absolute atomic E-state index is 0.190. The summed E-state index contributed by atoms with van der Waals surface area (Å²) < 4.78 is 39.3. The van der Waals surface area contributed by atoms with Crippen LogP contribution in [0, 0.1) is 11.7 Å². The SMILES string of the molecule is CC(C)CCNS(=O)(=O)c1cc(Cl)ccc1F. The Morgan fingerprint density at radius 3 is 2.65 bits per heavy atom. The highest BCUT2D eigenvalue weighted by Crippen LogP contribution is 2.19. The van der Waals surface area contributed by atoms with Gasteiger partial charge in [-0.15, -0.1) is 0 Å². The molecular formula is C11H15ClFNO2S. The fraction of sp³-hybridized carbons (Fsp3) is 0.455. The molecule has 0 aliphatic carbocycles. The van der Waals surface area contributed by atoms with Crippen LogP contribution < -0.4 is 4.72 Å². The second kappa shape index (κ2) is 5.80. The van der Waals surface area contributed by atoms with E-state index in [1.807, 2.05) is 13.8 Å². The first kappa shape index (κ1) is 14.4. The van der Waals surface area contributed by atoms with E-state index in [0.29, 0.717) is 12.3 Å². The fourth-order valence-corrected chi connectivity index (χ4v) is 2.63. The quantitative estimate of drug-likeness (QED) is 0.901.